The Morgan fingerprint density at radius 3 is 2.76 bits per heavy atom. The molecule has 0 bridgehead atoms. The third-order valence-electron chi connectivity index (χ3n) is 6.13. The molecule has 2 N–H and O–H groups in total. The molecule has 7 heteroatoms. The highest BCUT2D eigenvalue weighted by atomic mass is 16.6. The summed E-state index contributed by atoms with van der Waals surface area (Å²) < 4.78 is 6.35. The van der Waals surface area contributed by atoms with Crippen molar-refractivity contribution in [2.24, 2.45) is 0 Å². The number of hydrogen-bond acceptors (Lipinski definition) is 6. The Morgan fingerprint density at radius 2 is 2.03 bits per heavy atom. The molecular formula is C22H20N2O5. The second-order valence-corrected chi connectivity index (χ2v) is 7.48. The number of aliphatic hydroxyl groups is 2. The minimum Gasteiger partial charge on any atom is -0.458 e. The van der Waals surface area contributed by atoms with Gasteiger partial charge >= 0.3 is 5.97 Å². The standard InChI is InChI=1S/C22H20N2O5/c1-3-11-12-7-5-6-8-15(12)23-18-16-9-14-13(10-29-21(27)22(14,28)4-2)19(25)24(16)20(26)17(11)18/h5-9,20,26,28H,3-4,10H2,1-2H3. The first-order valence-corrected chi connectivity index (χ1v) is 9.70. The fourth-order valence-electron chi connectivity index (χ4n) is 4.58. The molecule has 4 heterocycles. The Labute approximate surface area is 166 Å². The monoisotopic (exact) mass is 392 g/mol. The van der Waals surface area contributed by atoms with Crippen molar-refractivity contribution < 1.29 is 19.7 Å². The van der Waals surface area contributed by atoms with Gasteiger partial charge in [0.25, 0.3) is 5.56 Å². The summed E-state index contributed by atoms with van der Waals surface area (Å²) >= 11 is 0. The largest absolute Gasteiger partial charge is 0.458 e. The number of carbonyl (C=O) groups is 1. The van der Waals surface area contributed by atoms with E-state index in [9.17, 15) is 19.8 Å². The summed E-state index contributed by atoms with van der Waals surface area (Å²) in [4.78, 5) is 30.2. The molecule has 0 saturated carbocycles. The van der Waals surface area contributed by atoms with Crippen LogP contribution in [-0.2, 0) is 28.2 Å². The van der Waals surface area contributed by atoms with Gasteiger partial charge in [-0.3, -0.25) is 9.36 Å². The van der Waals surface area contributed by atoms with E-state index in [-0.39, 0.29) is 24.2 Å². The Bertz CT molecular complexity index is 1260. The van der Waals surface area contributed by atoms with Gasteiger partial charge in [-0.1, -0.05) is 32.0 Å². The Hall–Kier alpha value is -3.03. The van der Waals surface area contributed by atoms with E-state index >= 15 is 0 Å². The Balaban J connectivity index is 1.89. The zero-order valence-electron chi connectivity index (χ0n) is 16.1. The van der Waals surface area contributed by atoms with Crippen LogP contribution >= 0.6 is 0 Å². The number of cyclic esters (lactones) is 1. The zero-order valence-corrected chi connectivity index (χ0v) is 16.1. The van der Waals surface area contributed by atoms with Crippen molar-refractivity contribution in [1.29, 1.82) is 0 Å². The number of aromatic nitrogens is 2. The summed E-state index contributed by atoms with van der Waals surface area (Å²) in [6, 6.07) is 9.25. The second kappa shape index (κ2) is 5.98. The number of pyridine rings is 2. The number of esters is 1. The van der Waals surface area contributed by atoms with Gasteiger partial charge in [0.05, 0.1) is 22.5 Å². The molecule has 2 aliphatic rings. The average Bonchev–Trinajstić information content (AvgIpc) is 3.01. The first kappa shape index (κ1) is 18.0. The van der Waals surface area contributed by atoms with Crippen molar-refractivity contribution in [2.45, 2.75) is 45.1 Å². The maximum absolute atomic E-state index is 13.3. The summed E-state index contributed by atoms with van der Waals surface area (Å²) in [5, 5.41) is 22.9. The van der Waals surface area contributed by atoms with Gasteiger partial charge in [0.2, 0.25) is 0 Å². The lowest BCUT2D eigenvalue weighted by molar-refractivity contribution is -0.172. The van der Waals surface area contributed by atoms with Crippen LogP contribution in [-0.4, -0.2) is 25.7 Å². The lowest BCUT2D eigenvalue weighted by atomic mass is 9.86. The molecule has 3 aromatic rings. The SMILES string of the molecule is CCc1c2c(nc3ccccc13)-c1cc3c(c(=O)n1C2O)COC(=O)C3(O)CC. The van der Waals surface area contributed by atoms with Gasteiger partial charge in [-0.05, 0) is 30.5 Å². The van der Waals surface area contributed by atoms with Crippen LogP contribution in [0.1, 0.15) is 48.8 Å². The van der Waals surface area contributed by atoms with Crippen LogP contribution in [0.15, 0.2) is 35.1 Å². The highest BCUT2D eigenvalue weighted by Gasteiger charge is 2.46. The van der Waals surface area contributed by atoms with E-state index in [0.29, 0.717) is 23.4 Å². The first-order valence-electron chi connectivity index (χ1n) is 9.70. The third-order valence-corrected chi connectivity index (χ3v) is 6.13. The number of benzene rings is 1. The topological polar surface area (TPSA) is 102 Å². The molecule has 0 saturated heterocycles. The van der Waals surface area contributed by atoms with Crippen molar-refractivity contribution in [3.8, 4) is 11.4 Å². The number of fused-ring (bicyclic) bond motifs is 5. The minimum absolute atomic E-state index is 0.0719. The number of para-hydroxylation sites is 1. The van der Waals surface area contributed by atoms with E-state index in [2.05, 4.69) is 0 Å². The molecule has 5 rings (SSSR count). The number of hydrogen-bond donors (Lipinski definition) is 2. The molecule has 0 spiro atoms. The number of nitrogens with zero attached hydrogens (tertiary/aromatic N) is 2. The lowest BCUT2D eigenvalue weighted by Crippen LogP contribution is -2.44. The number of aryl methyl sites for hydroxylation is 1. The zero-order chi connectivity index (χ0) is 20.5. The van der Waals surface area contributed by atoms with E-state index in [1.165, 1.54) is 4.57 Å². The number of ether oxygens (including phenoxy) is 1. The molecule has 0 fully saturated rings. The number of carbonyl (C=O) groups excluding carboxylic acids is 1. The molecule has 0 aliphatic carbocycles. The third kappa shape index (κ3) is 2.17. The molecular weight excluding hydrogens is 372 g/mol. The molecule has 2 atom stereocenters. The fourth-order valence-corrected chi connectivity index (χ4v) is 4.58. The van der Waals surface area contributed by atoms with Crippen LogP contribution < -0.4 is 5.56 Å². The summed E-state index contributed by atoms with van der Waals surface area (Å²) in [5.74, 6) is -0.767. The normalized spacial score (nSPS) is 22.2. The van der Waals surface area contributed by atoms with Crippen LogP contribution in [0.25, 0.3) is 22.3 Å². The smallest absolute Gasteiger partial charge is 0.343 e. The molecule has 29 heavy (non-hydrogen) atoms. The maximum atomic E-state index is 13.3. The van der Waals surface area contributed by atoms with Crippen LogP contribution in [0.4, 0.5) is 0 Å². The van der Waals surface area contributed by atoms with Crippen molar-refractivity contribution in [3.63, 3.8) is 0 Å². The molecule has 0 radical (unpaired) electrons. The number of rotatable bonds is 2. The fraction of sp³-hybridized carbons (Fsp3) is 0.318. The van der Waals surface area contributed by atoms with E-state index in [1.54, 1.807) is 13.0 Å². The predicted octanol–water partition coefficient (Wildman–Crippen LogP) is 2.13. The van der Waals surface area contributed by atoms with Gasteiger partial charge in [0.15, 0.2) is 11.8 Å². The molecule has 0 amide bonds. The highest BCUT2D eigenvalue weighted by molar-refractivity contribution is 5.89. The van der Waals surface area contributed by atoms with Gasteiger partial charge < -0.3 is 14.9 Å². The van der Waals surface area contributed by atoms with E-state index < -0.39 is 23.4 Å². The van der Waals surface area contributed by atoms with Crippen LogP contribution in [0, 0.1) is 0 Å². The summed E-state index contributed by atoms with van der Waals surface area (Å²) in [6.07, 6.45) is -0.453. The van der Waals surface area contributed by atoms with Crippen molar-refractivity contribution >= 4 is 16.9 Å². The Morgan fingerprint density at radius 1 is 1.28 bits per heavy atom. The van der Waals surface area contributed by atoms with Crippen molar-refractivity contribution in [2.75, 3.05) is 0 Å². The lowest BCUT2D eigenvalue weighted by Gasteiger charge is -2.31. The predicted molar refractivity (Wildman–Crippen MR) is 105 cm³/mol. The molecule has 2 unspecified atom stereocenters. The quantitative estimate of drug-likeness (QED) is 0.648. The minimum atomic E-state index is -1.89. The van der Waals surface area contributed by atoms with Crippen LogP contribution in [0.3, 0.4) is 0 Å². The van der Waals surface area contributed by atoms with Crippen LogP contribution in [0.5, 0.6) is 0 Å². The van der Waals surface area contributed by atoms with E-state index in [1.807, 2.05) is 31.2 Å². The average molecular weight is 392 g/mol. The van der Waals surface area contributed by atoms with Crippen LogP contribution in [0.2, 0.25) is 0 Å². The number of aliphatic hydroxyl groups excluding tert-OH is 1. The Kier molecular flexibility index (Phi) is 3.72. The summed E-state index contributed by atoms with van der Waals surface area (Å²) in [7, 11) is 0. The highest BCUT2D eigenvalue weighted by Crippen LogP contribution is 2.43. The summed E-state index contributed by atoms with van der Waals surface area (Å²) in [6.45, 7) is 3.42. The molecule has 1 aromatic carbocycles. The van der Waals surface area contributed by atoms with Gasteiger partial charge in [-0.25, -0.2) is 9.78 Å². The van der Waals surface area contributed by atoms with Crippen molar-refractivity contribution in [1.82, 2.24) is 9.55 Å². The maximum Gasteiger partial charge on any atom is 0.343 e. The molecule has 2 aliphatic heterocycles. The summed E-state index contributed by atoms with van der Waals surface area (Å²) in [5.41, 5.74) is 1.25. The van der Waals surface area contributed by atoms with Gasteiger partial charge in [0, 0.05) is 16.5 Å². The van der Waals surface area contributed by atoms with Gasteiger partial charge in [0.1, 0.15) is 6.61 Å². The van der Waals surface area contributed by atoms with Gasteiger partial charge in [-0.2, -0.15) is 0 Å². The molecule has 2 aromatic heterocycles. The van der Waals surface area contributed by atoms with Crippen molar-refractivity contribution in [3.05, 3.63) is 62.9 Å². The second-order valence-electron chi connectivity index (χ2n) is 7.48. The molecule has 7 nitrogen and oxygen atoms in total. The van der Waals surface area contributed by atoms with Gasteiger partial charge in [-0.15, -0.1) is 0 Å². The van der Waals surface area contributed by atoms with E-state index in [0.717, 1.165) is 16.5 Å². The van der Waals surface area contributed by atoms with E-state index in [4.69, 9.17) is 9.72 Å². The molecule has 148 valence electrons. The first-order chi connectivity index (χ1) is 13.9.